The fraction of sp³-hybridized carbons (Fsp3) is 0.0769. The molecule has 2 aromatic carbocycles. The van der Waals surface area contributed by atoms with Crippen LogP contribution in [0.4, 0.5) is 28.9 Å². The first kappa shape index (κ1) is 17.7. The molecule has 0 fully saturated rings. The molecule has 1 N–H and O–H groups in total. The summed E-state index contributed by atoms with van der Waals surface area (Å²) in [6.45, 7) is 0. The standard InChI is InChI=1S/C13H8F4N2O4S/c14-12-5-4-10(7-11(12)13(15,16)17)24(22,23)18-8-2-1-3-9(6-8)19(20)21/h1-7,18H. The van der Waals surface area contributed by atoms with Gasteiger partial charge in [-0.05, 0) is 24.3 Å². The maximum absolute atomic E-state index is 13.2. The number of nitro benzene ring substituents is 1. The molecule has 6 nitrogen and oxygen atoms in total. The van der Waals surface area contributed by atoms with E-state index < -0.39 is 43.1 Å². The van der Waals surface area contributed by atoms with Gasteiger partial charge in [0.2, 0.25) is 0 Å². The van der Waals surface area contributed by atoms with Gasteiger partial charge < -0.3 is 0 Å². The van der Waals surface area contributed by atoms with Gasteiger partial charge in [-0.1, -0.05) is 6.07 Å². The summed E-state index contributed by atoms with van der Waals surface area (Å²) in [5, 5.41) is 10.6. The average molecular weight is 364 g/mol. The molecule has 0 aliphatic rings. The Morgan fingerprint density at radius 2 is 1.75 bits per heavy atom. The van der Waals surface area contributed by atoms with E-state index in [2.05, 4.69) is 0 Å². The molecule has 0 spiro atoms. The van der Waals surface area contributed by atoms with Gasteiger partial charge >= 0.3 is 6.18 Å². The molecule has 0 saturated carbocycles. The van der Waals surface area contributed by atoms with Gasteiger partial charge in [0, 0.05) is 12.1 Å². The van der Waals surface area contributed by atoms with Crippen molar-refractivity contribution in [3.63, 3.8) is 0 Å². The Morgan fingerprint density at radius 1 is 1.08 bits per heavy atom. The Balaban J connectivity index is 2.41. The van der Waals surface area contributed by atoms with E-state index in [-0.39, 0.29) is 11.8 Å². The normalized spacial score (nSPS) is 12.0. The molecule has 0 aliphatic heterocycles. The third-order valence-corrected chi connectivity index (χ3v) is 4.24. The Labute approximate surface area is 132 Å². The zero-order valence-electron chi connectivity index (χ0n) is 11.5. The highest BCUT2D eigenvalue weighted by molar-refractivity contribution is 7.92. The highest BCUT2D eigenvalue weighted by Crippen LogP contribution is 2.33. The number of hydrogen-bond donors (Lipinski definition) is 1. The van der Waals surface area contributed by atoms with Crippen molar-refractivity contribution in [2.75, 3.05) is 4.72 Å². The molecule has 0 amide bonds. The first-order chi connectivity index (χ1) is 11.0. The number of sulfonamides is 1. The molecule has 0 aromatic heterocycles. The Hall–Kier alpha value is -2.69. The highest BCUT2D eigenvalue weighted by Gasteiger charge is 2.35. The molecule has 0 aliphatic carbocycles. The predicted molar refractivity (Wildman–Crippen MR) is 75.3 cm³/mol. The molecule has 2 aromatic rings. The number of nitro groups is 1. The third kappa shape index (κ3) is 3.79. The first-order valence-corrected chi connectivity index (χ1v) is 7.63. The van der Waals surface area contributed by atoms with Crippen LogP contribution in [0, 0.1) is 15.9 Å². The van der Waals surface area contributed by atoms with E-state index in [1.54, 1.807) is 0 Å². The number of nitrogens with zero attached hydrogens (tertiary/aromatic N) is 1. The van der Waals surface area contributed by atoms with Crippen molar-refractivity contribution in [1.29, 1.82) is 0 Å². The molecule has 0 bridgehead atoms. The van der Waals surface area contributed by atoms with E-state index in [1.165, 1.54) is 12.1 Å². The molecule has 2 rings (SSSR count). The van der Waals surface area contributed by atoms with Crippen molar-refractivity contribution in [3.8, 4) is 0 Å². The number of benzene rings is 2. The quantitative estimate of drug-likeness (QED) is 0.510. The number of alkyl halides is 3. The van der Waals surface area contributed by atoms with E-state index in [0.717, 1.165) is 12.1 Å². The smallest absolute Gasteiger partial charge is 0.279 e. The lowest BCUT2D eigenvalue weighted by atomic mass is 10.2. The van der Waals surface area contributed by atoms with E-state index in [0.29, 0.717) is 12.1 Å². The molecule has 24 heavy (non-hydrogen) atoms. The second kappa shape index (κ2) is 6.07. The molecule has 0 heterocycles. The largest absolute Gasteiger partial charge is 0.419 e. The fourth-order valence-electron chi connectivity index (χ4n) is 1.79. The molecule has 0 unspecified atom stereocenters. The summed E-state index contributed by atoms with van der Waals surface area (Å²) >= 11 is 0. The van der Waals surface area contributed by atoms with Crippen molar-refractivity contribution in [2.24, 2.45) is 0 Å². The predicted octanol–water partition coefficient (Wildman–Crippen LogP) is 3.55. The minimum Gasteiger partial charge on any atom is -0.279 e. The van der Waals surface area contributed by atoms with E-state index >= 15 is 0 Å². The summed E-state index contributed by atoms with van der Waals surface area (Å²) < 4.78 is 77.3. The summed E-state index contributed by atoms with van der Waals surface area (Å²) in [6.07, 6.45) is -5.07. The van der Waals surface area contributed by atoms with Crippen LogP contribution in [0.2, 0.25) is 0 Å². The van der Waals surface area contributed by atoms with Crippen LogP contribution in [0.15, 0.2) is 47.4 Å². The number of hydrogen-bond acceptors (Lipinski definition) is 4. The van der Waals surface area contributed by atoms with Crippen LogP contribution in [0.3, 0.4) is 0 Å². The SMILES string of the molecule is O=[N+]([O-])c1cccc(NS(=O)(=O)c2ccc(F)c(C(F)(F)F)c2)c1. The van der Waals surface area contributed by atoms with Gasteiger partial charge in [-0.2, -0.15) is 13.2 Å². The molecular weight excluding hydrogens is 356 g/mol. The minimum atomic E-state index is -5.07. The Kier molecular flexibility index (Phi) is 4.47. The van der Waals surface area contributed by atoms with Crippen molar-refractivity contribution >= 4 is 21.4 Å². The van der Waals surface area contributed by atoms with Crippen LogP contribution < -0.4 is 4.72 Å². The zero-order valence-corrected chi connectivity index (χ0v) is 12.4. The van der Waals surface area contributed by atoms with Crippen LogP contribution >= 0.6 is 0 Å². The van der Waals surface area contributed by atoms with Gasteiger partial charge in [-0.3, -0.25) is 14.8 Å². The topological polar surface area (TPSA) is 89.3 Å². The molecular formula is C13H8F4N2O4S. The number of nitrogens with one attached hydrogen (secondary N) is 1. The van der Waals surface area contributed by atoms with E-state index in [1.807, 2.05) is 4.72 Å². The van der Waals surface area contributed by atoms with Crippen LogP contribution in [0.5, 0.6) is 0 Å². The van der Waals surface area contributed by atoms with E-state index in [9.17, 15) is 36.1 Å². The summed E-state index contributed by atoms with van der Waals surface area (Å²) in [4.78, 5) is 9.05. The monoisotopic (exact) mass is 364 g/mol. The van der Waals surface area contributed by atoms with Crippen LogP contribution in [-0.2, 0) is 16.2 Å². The molecule has 11 heteroatoms. The van der Waals surface area contributed by atoms with Crippen LogP contribution in [0.25, 0.3) is 0 Å². The van der Waals surface area contributed by atoms with Crippen molar-refractivity contribution in [1.82, 2.24) is 0 Å². The Morgan fingerprint density at radius 3 is 2.33 bits per heavy atom. The van der Waals surface area contributed by atoms with Crippen molar-refractivity contribution in [3.05, 3.63) is 64.0 Å². The zero-order chi connectivity index (χ0) is 18.1. The number of anilines is 1. The van der Waals surface area contributed by atoms with Gasteiger partial charge in [0.15, 0.2) is 0 Å². The third-order valence-electron chi connectivity index (χ3n) is 2.86. The van der Waals surface area contributed by atoms with Gasteiger partial charge in [0.05, 0.1) is 21.1 Å². The second-order valence-corrected chi connectivity index (χ2v) is 6.23. The van der Waals surface area contributed by atoms with Gasteiger partial charge in [-0.15, -0.1) is 0 Å². The maximum Gasteiger partial charge on any atom is 0.419 e. The number of halogens is 4. The summed E-state index contributed by atoms with van der Waals surface area (Å²) in [7, 11) is -4.49. The lowest BCUT2D eigenvalue weighted by Gasteiger charge is -2.12. The lowest BCUT2D eigenvalue weighted by molar-refractivity contribution is -0.384. The molecule has 128 valence electrons. The summed E-state index contributed by atoms with van der Waals surface area (Å²) in [5.74, 6) is -1.61. The number of rotatable bonds is 4. The first-order valence-electron chi connectivity index (χ1n) is 6.15. The van der Waals surface area contributed by atoms with Gasteiger partial charge in [-0.25, -0.2) is 12.8 Å². The van der Waals surface area contributed by atoms with Crippen LogP contribution in [-0.4, -0.2) is 13.3 Å². The van der Waals surface area contributed by atoms with Gasteiger partial charge in [0.1, 0.15) is 5.82 Å². The average Bonchev–Trinajstić information content (AvgIpc) is 2.46. The van der Waals surface area contributed by atoms with Crippen molar-refractivity contribution < 1.29 is 30.9 Å². The summed E-state index contributed by atoms with van der Waals surface area (Å²) in [5.41, 5.74) is -2.36. The van der Waals surface area contributed by atoms with Gasteiger partial charge in [0.25, 0.3) is 15.7 Å². The number of non-ortho nitro benzene ring substituents is 1. The Bertz CT molecular complexity index is 897. The fourth-order valence-corrected chi connectivity index (χ4v) is 2.86. The second-order valence-electron chi connectivity index (χ2n) is 4.55. The highest BCUT2D eigenvalue weighted by atomic mass is 32.2. The van der Waals surface area contributed by atoms with Crippen molar-refractivity contribution in [2.45, 2.75) is 11.1 Å². The molecule has 0 saturated heterocycles. The molecule has 0 radical (unpaired) electrons. The minimum absolute atomic E-state index is 0.148. The van der Waals surface area contributed by atoms with Crippen LogP contribution in [0.1, 0.15) is 5.56 Å². The van der Waals surface area contributed by atoms with E-state index in [4.69, 9.17) is 0 Å². The molecule has 0 atom stereocenters. The lowest BCUT2D eigenvalue weighted by Crippen LogP contribution is -2.15. The summed E-state index contributed by atoms with van der Waals surface area (Å²) in [6, 6.07) is 5.56. The maximum atomic E-state index is 13.2.